The maximum absolute atomic E-state index is 12.0. The van der Waals surface area contributed by atoms with Gasteiger partial charge < -0.3 is 10.0 Å². The predicted molar refractivity (Wildman–Crippen MR) is 53.7 cm³/mol. The molecule has 1 amide bonds. The quantitative estimate of drug-likeness (QED) is 0.681. The summed E-state index contributed by atoms with van der Waals surface area (Å²) in [4.78, 5) is 13.8. The number of rotatable bonds is 1. The molecule has 1 saturated carbocycles. The van der Waals surface area contributed by atoms with Crippen molar-refractivity contribution in [3.8, 4) is 0 Å². The van der Waals surface area contributed by atoms with E-state index in [9.17, 15) is 9.90 Å². The standard InChI is InChI=1S/C11H19NO2/c1-10(2)7-12(6-8(10)13)9(14)11(3)4-5-11/h8,13H,4-7H2,1-3H3. The van der Waals surface area contributed by atoms with Crippen LogP contribution in [0.3, 0.4) is 0 Å². The molecular formula is C11H19NO2. The van der Waals surface area contributed by atoms with Gasteiger partial charge >= 0.3 is 0 Å². The summed E-state index contributed by atoms with van der Waals surface area (Å²) in [6.07, 6.45) is 1.66. The van der Waals surface area contributed by atoms with Crippen LogP contribution in [0.25, 0.3) is 0 Å². The molecular weight excluding hydrogens is 178 g/mol. The van der Waals surface area contributed by atoms with E-state index in [0.717, 1.165) is 12.8 Å². The monoisotopic (exact) mass is 197 g/mol. The summed E-state index contributed by atoms with van der Waals surface area (Å²) < 4.78 is 0. The number of aliphatic hydroxyl groups excluding tert-OH is 1. The van der Waals surface area contributed by atoms with Crippen molar-refractivity contribution in [3.63, 3.8) is 0 Å². The maximum atomic E-state index is 12.0. The molecule has 0 aromatic carbocycles. The van der Waals surface area contributed by atoms with Crippen molar-refractivity contribution in [2.45, 2.75) is 39.7 Å². The molecule has 1 N–H and O–H groups in total. The van der Waals surface area contributed by atoms with E-state index in [-0.39, 0.29) is 22.8 Å². The molecule has 1 atom stereocenters. The number of hydrogen-bond acceptors (Lipinski definition) is 2. The Morgan fingerprint density at radius 2 is 1.93 bits per heavy atom. The largest absolute Gasteiger partial charge is 0.391 e. The Labute approximate surface area is 85.1 Å². The maximum Gasteiger partial charge on any atom is 0.228 e. The number of aliphatic hydroxyl groups is 1. The summed E-state index contributed by atoms with van der Waals surface area (Å²) in [5.41, 5.74) is -0.235. The summed E-state index contributed by atoms with van der Waals surface area (Å²) in [5.74, 6) is 0.238. The van der Waals surface area contributed by atoms with Crippen molar-refractivity contribution < 1.29 is 9.90 Å². The molecule has 2 aliphatic rings. The van der Waals surface area contributed by atoms with Crippen LogP contribution in [0.15, 0.2) is 0 Å². The fourth-order valence-electron chi connectivity index (χ4n) is 2.06. The van der Waals surface area contributed by atoms with Crippen molar-refractivity contribution in [3.05, 3.63) is 0 Å². The summed E-state index contributed by atoms with van der Waals surface area (Å²) in [6, 6.07) is 0. The van der Waals surface area contributed by atoms with E-state index in [4.69, 9.17) is 0 Å². The molecule has 1 unspecified atom stereocenters. The molecule has 1 heterocycles. The molecule has 14 heavy (non-hydrogen) atoms. The van der Waals surface area contributed by atoms with Crippen LogP contribution in [0.2, 0.25) is 0 Å². The second-order valence-electron chi connectivity index (χ2n) is 5.75. The van der Waals surface area contributed by atoms with Crippen LogP contribution in [-0.2, 0) is 4.79 Å². The molecule has 0 aromatic rings. The first kappa shape index (κ1) is 9.97. The van der Waals surface area contributed by atoms with Crippen molar-refractivity contribution in [2.24, 2.45) is 10.8 Å². The van der Waals surface area contributed by atoms with Crippen molar-refractivity contribution >= 4 is 5.91 Å². The third kappa shape index (κ3) is 1.44. The minimum atomic E-state index is -0.367. The van der Waals surface area contributed by atoms with E-state index in [1.807, 2.05) is 25.7 Å². The Balaban J connectivity index is 2.05. The van der Waals surface area contributed by atoms with Gasteiger partial charge in [-0.05, 0) is 12.8 Å². The SMILES string of the molecule is CC1(C(=O)N2CC(O)C(C)(C)C2)CC1. The van der Waals surface area contributed by atoms with Gasteiger partial charge in [0.15, 0.2) is 0 Å². The van der Waals surface area contributed by atoms with Gasteiger partial charge in [-0.1, -0.05) is 20.8 Å². The Bertz CT molecular complexity index is 268. The number of carbonyl (C=O) groups excluding carboxylic acids is 1. The van der Waals surface area contributed by atoms with Crippen molar-refractivity contribution in [2.75, 3.05) is 13.1 Å². The third-order valence-electron chi connectivity index (χ3n) is 3.70. The molecule has 1 aliphatic carbocycles. The van der Waals surface area contributed by atoms with E-state index in [1.165, 1.54) is 0 Å². The van der Waals surface area contributed by atoms with Crippen LogP contribution in [0.1, 0.15) is 33.6 Å². The smallest absolute Gasteiger partial charge is 0.228 e. The van der Waals surface area contributed by atoms with Crippen LogP contribution in [0.5, 0.6) is 0 Å². The second kappa shape index (κ2) is 2.72. The number of amides is 1. The molecule has 2 fully saturated rings. The first-order valence-corrected chi connectivity index (χ1v) is 5.33. The van der Waals surface area contributed by atoms with Gasteiger partial charge in [0, 0.05) is 23.9 Å². The molecule has 0 spiro atoms. The lowest BCUT2D eigenvalue weighted by Crippen LogP contribution is -2.35. The van der Waals surface area contributed by atoms with E-state index >= 15 is 0 Å². The van der Waals surface area contributed by atoms with Gasteiger partial charge in [0.2, 0.25) is 5.91 Å². The van der Waals surface area contributed by atoms with Gasteiger partial charge in [-0.3, -0.25) is 4.79 Å². The number of β-amino-alcohol motifs (C(OH)–C–C–N with tert-alkyl or cyclic N) is 1. The normalized spacial score (nSPS) is 33.1. The minimum Gasteiger partial charge on any atom is -0.391 e. The first-order chi connectivity index (χ1) is 6.35. The average Bonchev–Trinajstić information content (AvgIpc) is 2.75. The van der Waals surface area contributed by atoms with Crippen LogP contribution in [-0.4, -0.2) is 35.1 Å². The zero-order valence-corrected chi connectivity index (χ0v) is 9.21. The van der Waals surface area contributed by atoms with E-state index in [1.54, 1.807) is 0 Å². The Morgan fingerprint density at radius 3 is 2.29 bits per heavy atom. The molecule has 80 valence electrons. The number of likely N-dealkylation sites (tertiary alicyclic amines) is 1. The van der Waals surface area contributed by atoms with Crippen LogP contribution < -0.4 is 0 Å². The lowest BCUT2D eigenvalue weighted by atomic mass is 9.90. The van der Waals surface area contributed by atoms with E-state index < -0.39 is 0 Å². The predicted octanol–water partition coefficient (Wildman–Crippen LogP) is 1.02. The van der Waals surface area contributed by atoms with Crippen LogP contribution in [0.4, 0.5) is 0 Å². The van der Waals surface area contributed by atoms with Gasteiger partial charge in [0.25, 0.3) is 0 Å². The molecule has 0 radical (unpaired) electrons. The molecule has 1 aliphatic heterocycles. The lowest BCUT2D eigenvalue weighted by molar-refractivity contribution is -0.135. The summed E-state index contributed by atoms with van der Waals surface area (Å²) in [6.45, 7) is 7.26. The Morgan fingerprint density at radius 1 is 1.36 bits per heavy atom. The average molecular weight is 197 g/mol. The van der Waals surface area contributed by atoms with Gasteiger partial charge in [-0.2, -0.15) is 0 Å². The lowest BCUT2D eigenvalue weighted by Gasteiger charge is -2.22. The molecule has 0 aromatic heterocycles. The highest BCUT2D eigenvalue weighted by atomic mass is 16.3. The minimum absolute atomic E-state index is 0.0971. The highest BCUT2D eigenvalue weighted by Gasteiger charge is 2.50. The van der Waals surface area contributed by atoms with Gasteiger partial charge in [-0.25, -0.2) is 0 Å². The molecule has 0 bridgehead atoms. The van der Waals surface area contributed by atoms with Gasteiger partial charge in [-0.15, -0.1) is 0 Å². The summed E-state index contributed by atoms with van der Waals surface area (Å²) in [7, 11) is 0. The van der Waals surface area contributed by atoms with Crippen molar-refractivity contribution in [1.82, 2.24) is 4.90 Å². The molecule has 1 saturated heterocycles. The Hall–Kier alpha value is -0.570. The molecule has 3 nitrogen and oxygen atoms in total. The second-order valence-corrected chi connectivity index (χ2v) is 5.75. The highest BCUT2D eigenvalue weighted by molar-refractivity contribution is 5.85. The fourth-order valence-corrected chi connectivity index (χ4v) is 2.06. The van der Waals surface area contributed by atoms with Crippen LogP contribution >= 0.6 is 0 Å². The summed E-state index contributed by atoms with van der Waals surface area (Å²) in [5, 5.41) is 9.77. The van der Waals surface area contributed by atoms with E-state index in [0.29, 0.717) is 13.1 Å². The van der Waals surface area contributed by atoms with Crippen LogP contribution in [0, 0.1) is 10.8 Å². The fraction of sp³-hybridized carbons (Fsp3) is 0.909. The summed E-state index contributed by atoms with van der Waals surface area (Å²) >= 11 is 0. The number of hydrogen-bond donors (Lipinski definition) is 1. The molecule has 3 heteroatoms. The topological polar surface area (TPSA) is 40.5 Å². The van der Waals surface area contributed by atoms with Gasteiger partial charge in [0.05, 0.1) is 6.10 Å². The highest BCUT2D eigenvalue weighted by Crippen LogP contribution is 2.47. The number of nitrogens with zero attached hydrogens (tertiary/aromatic N) is 1. The van der Waals surface area contributed by atoms with Gasteiger partial charge in [0.1, 0.15) is 0 Å². The van der Waals surface area contributed by atoms with Crippen molar-refractivity contribution in [1.29, 1.82) is 0 Å². The third-order valence-corrected chi connectivity index (χ3v) is 3.70. The zero-order chi connectivity index (χ0) is 10.6. The van der Waals surface area contributed by atoms with E-state index in [2.05, 4.69) is 0 Å². The zero-order valence-electron chi connectivity index (χ0n) is 9.21. The molecule has 2 rings (SSSR count). The first-order valence-electron chi connectivity index (χ1n) is 5.33. The number of carbonyl (C=O) groups is 1. The Kier molecular flexibility index (Phi) is 1.94.